The van der Waals surface area contributed by atoms with E-state index in [1.807, 2.05) is 0 Å². The van der Waals surface area contributed by atoms with Crippen LogP contribution in [0.4, 0.5) is 14.5 Å². The van der Waals surface area contributed by atoms with Crippen LogP contribution in [-0.4, -0.2) is 78.6 Å². The van der Waals surface area contributed by atoms with Gasteiger partial charge in [-0.2, -0.15) is 4.31 Å². The molecule has 3 aromatic rings. The van der Waals surface area contributed by atoms with Gasteiger partial charge in [0.05, 0.1) is 51.6 Å². The summed E-state index contributed by atoms with van der Waals surface area (Å²) in [7, 11) is 1.89. The number of alkyl halides is 2. The Hall–Kier alpha value is -3.94. The summed E-state index contributed by atoms with van der Waals surface area (Å²) in [5.41, 5.74) is -2.25. The van der Waals surface area contributed by atoms with Crippen LogP contribution in [0.5, 0.6) is 17.2 Å². The zero-order valence-corrected chi connectivity index (χ0v) is 26.1. The molecule has 14 heteroatoms. The van der Waals surface area contributed by atoms with Gasteiger partial charge in [-0.05, 0) is 42.5 Å². The quantitative estimate of drug-likeness (QED) is 0.368. The number of para-hydroxylation sites is 1. The van der Waals surface area contributed by atoms with Crippen molar-refractivity contribution in [2.24, 2.45) is 0 Å². The number of sulfonamides is 1. The van der Waals surface area contributed by atoms with Gasteiger partial charge >= 0.3 is 11.8 Å². The number of carbonyl (C=O) groups excluding carboxylic acids is 2. The first-order valence-corrected chi connectivity index (χ1v) is 15.3. The Morgan fingerprint density at radius 1 is 1.00 bits per heavy atom. The Morgan fingerprint density at radius 3 is 2.32 bits per heavy atom. The number of benzene rings is 3. The second-order valence-corrected chi connectivity index (χ2v) is 13.0. The highest BCUT2D eigenvalue weighted by Gasteiger charge is 2.74. The summed E-state index contributed by atoms with van der Waals surface area (Å²) in [6.45, 7) is -0.972. The fourth-order valence-corrected chi connectivity index (χ4v) is 8.43. The van der Waals surface area contributed by atoms with E-state index in [-0.39, 0.29) is 38.2 Å². The smallest absolute Gasteiger partial charge is 0.312 e. The van der Waals surface area contributed by atoms with Crippen LogP contribution in [0.3, 0.4) is 0 Å². The molecule has 0 spiro atoms. The first kappa shape index (κ1) is 31.5. The highest BCUT2D eigenvalue weighted by molar-refractivity contribution is 7.93. The molecule has 5 rings (SSSR count). The molecule has 2 amide bonds. The van der Waals surface area contributed by atoms with E-state index in [0.717, 1.165) is 0 Å². The Bertz CT molecular complexity index is 1770. The second kappa shape index (κ2) is 10.9. The van der Waals surface area contributed by atoms with Gasteiger partial charge in [0.2, 0.25) is 5.54 Å². The minimum atomic E-state index is -4.79. The number of amides is 2. The lowest BCUT2D eigenvalue weighted by Crippen LogP contribution is -2.69. The highest BCUT2D eigenvalue weighted by atomic mass is 35.5. The van der Waals surface area contributed by atoms with Crippen molar-refractivity contribution in [3.63, 3.8) is 0 Å². The maximum absolute atomic E-state index is 15.5. The number of likely N-dealkylation sites (N-methyl/N-ethyl adjacent to an activating group) is 2. The van der Waals surface area contributed by atoms with E-state index in [1.165, 1.54) is 84.0 Å². The first-order valence-electron chi connectivity index (χ1n) is 13.4. The van der Waals surface area contributed by atoms with Crippen molar-refractivity contribution in [2.75, 3.05) is 46.3 Å². The van der Waals surface area contributed by atoms with Gasteiger partial charge in [0.1, 0.15) is 28.7 Å². The normalized spacial score (nSPS) is 24.1. The lowest BCUT2D eigenvalue weighted by molar-refractivity contribution is -0.955. The number of rotatable bonds is 8. The molecular weight excluding hydrogens is 620 g/mol. The van der Waals surface area contributed by atoms with Gasteiger partial charge in [-0.25, -0.2) is 17.2 Å². The summed E-state index contributed by atoms with van der Waals surface area (Å²) >= 11 is 6.48. The number of fused-ring (bicyclic) bond motifs is 1. The Morgan fingerprint density at radius 2 is 1.68 bits per heavy atom. The maximum atomic E-state index is 15.5. The van der Waals surface area contributed by atoms with Crippen molar-refractivity contribution in [1.29, 1.82) is 0 Å². The molecular formula is C30H31ClF2N3O7S+. The number of carbonyl (C=O) groups is 2. The number of halogens is 3. The number of quaternary nitrogens is 1. The minimum Gasteiger partial charge on any atom is -0.497 e. The molecule has 3 aromatic carbocycles. The number of hydrogen-bond donors (Lipinski definition) is 1. The van der Waals surface area contributed by atoms with Crippen molar-refractivity contribution in [1.82, 2.24) is 5.32 Å². The maximum Gasteiger partial charge on any atom is 0.312 e. The first-order chi connectivity index (χ1) is 20.7. The number of nitrogens with one attached hydrogen (secondary N) is 1. The minimum absolute atomic E-state index is 0.0182. The van der Waals surface area contributed by atoms with E-state index < -0.39 is 56.8 Å². The molecule has 1 saturated heterocycles. The molecule has 2 heterocycles. The highest BCUT2D eigenvalue weighted by Crippen LogP contribution is 2.59. The number of methoxy groups -OCH3 is 3. The van der Waals surface area contributed by atoms with Crippen LogP contribution in [0.1, 0.15) is 17.5 Å². The summed E-state index contributed by atoms with van der Waals surface area (Å²) < 4.78 is 76.0. The van der Waals surface area contributed by atoms with Crippen molar-refractivity contribution in [3.8, 4) is 17.2 Å². The zero-order chi connectivity index (χ0) is 32.2. The molecule has 2 unspecified atom stereocenters. The van der Waals surface area contributed by atoms with Crippen LogP contribution < -0.4 is 23.8 Å². The molecule has 2 aliphatic heterocycles. The van der Waals surface area contributed by atoms with Crippen molar-refractivity contribution in [2.45, 2.75) is 28.8 Å². The summed E-state index contributed by atoms with van der Waals surface area (Å²) in [5, 5.41) is 2.56. The summed E-state index contributed by atoms with van der Waals surface area (Å²) in [6.07, 6.45) is -0.887. The van der Waals surface area contributed by atoms with Crippen LogP contribution in [0.25, 0.3) is 0 Å². The number of likely N-dealkylation sites (tertiary alicyclic amines) is 1. The molecule has 2 aliphatic rings. The molecule has 0 aromatic heterocycles. The fraction of sp³-hybridized carbons (Fsp3) is 0.333. The van der Waals surface area contributed by atoms with E-state index in [4.69, 9.17) is 25.8 Å². The van der Waals surface area contributed by atoms with Gasteiger partial charge in [-0.1, -0.05) is 23.7 Å². The van der Waals surface area contributed by atoms with E-state index >= 15 is 13.6 Å². The molecule has 234 valence electrons. The average molecular weight is 651 g/mol. The van der Waals surface area contributed by atoms with Crippen LogP contribution in [-0.2, 0) is 25.2 Å². The third-order valence-corrected chi connectivity index (χ3v) is 10.5. The van der Waals surface area contributed by atoms with Gasteiger partial charge in [0.15, 0.2) is 6.04 Å². The third-order valence-electron chi connectivity index (χ3n) is 8.50. The molecule has 44 heavy (non-hydrogen) atoms. The van der Waals surface area contributed by atoms with Crippen molar-refractivity contribution < 1.29 is 45.5 Å². The van der Waals surface area contributed by atoms with Gasteiger partial charge in [-0.15, -0.1) is 0 Å². The van der Waals surface area contributed by atoms with E-state index in [9.17, 15) is 13.2 Å². The fourth-order valence-electron chi connectivity index (χ4n) is 6.65. The average Bonchev–Trinajstić information content (AvgIpc) is 3.42. The monoisotopic (exact) mass is 650 g/mol. The van der Waals surface area contributed by atoms with Gasteiger partial charge < -0.3 is 19.5 Å². The Labute approximate surface area is 258 Å². The third kappa shape index (κ3) is 4.39. The molecule has 10 nitrogen and oxygen atoms in total. The molecule has 0 saturated carbocycles. The van der Waals surface area contributed by atoms with Gasteiger partial charge in [-0.3, -0.25) is 14.1 Å². The Balaban J connectivity index is 1.92. The van der Waals surface area contributed by atoms with Crippen LogP contribution in [0.2, 0.25) is 5.02 Å². The topological polar surface area (TPSA) is 111 Å². The number of anilines is 1. The summed E-state index contributed by atoms with van der Waals surface area (Å²) in [4.78, 5) is 28.2. The van der Waals surface area contributed by atoms with Gasteiger partial charge in [0, 0.05) is 18.1 Å². The van der Waals surface area contributed by atoms with E-state index in [1.54, 1.807) is 12.1 Å². The Kier molecular flexibility index (Phi) is 7.80. The van der Waals surface area contributed by atoms with Crippen LogP contribution in [0, 0.1) is 0 Å². The van der Waals surface area contributed by atoms with Crippen LogP contribution >= 0.6 is 11.6 Å². The van der Waals surface area contributed by atoms with Crippen molar-refractivity contribution >= 4 is 39.1 Å². The predicted molar refractivity (Wildman–Crippen MR) is 158 cm³/mol. The number of hydrogen-bond acceptors (Lipinski definition) is 7. The standard InChI is InChI=1S/C30H30ClF2N3O7S/c1-34-27(37)23-16-29(32,33)17-36(23,2)30(20-8-6-7-9-24(20)42-4)21-14-18(31)10-12-22(21)35(28(30)38)44(39,40)26-13-11-19(41-3)15-25(26)43-5/h6-15,23H,16-17H2,1-5H3/p+1/t23-,30?,36?/m0/s1. The lowest BCUT2D eigenvalue weighted by Gasteiger charge is -2.48. The predicted octanol–water partition coefficient (Wildman–Crippen LogP) is 3.95. The molecule has 1 fully saturated rings. The zero-order valence-electron chi connectivity index (χ0n) is 24.6. The lowest BCUT2D eigenvalue weighted by atomic mass is 9.78. The second-order valence-electron chi connectivity index (χ2n) is 10.8. The van der Waals surface area contributed by atoms with E-state index in [2.05, 4.69) is 5.32 Å². The molecule has 0 aliphatic carbocycles. The summed E-state index contributed by atoms with van der Waals surface area (Å²) in [6, 6.07) is 12.9. The molecule has 1 N–H and O–H groups in total. The molecule has 3 atom stereocenters. The molecule has 0 bridgehead atoms. The van der Waals surface area contributed by atoms with Crippen LogP contribution in [0.15, 0.2) is 65.6 Å². The summed E-state index contributed by atoms with van der Waals surface area (Å²) in [5.74, 6) is -4.92. The van der Waals surface area contributed by atoms with E-state index in [0.29, 0.717) is 10.1 Å². The van der Waals surface area contributed by atoms with Crippen molar-refractivity contribution in [3.05, 3.63) is 76.8 Å². The number of nitrogens with zero attached hydrogens (tertiary/aromatic N) is 2. The molecule has 0 radical (unpaired) electrons. The SMILES string of the molecule is CNC(=O)[C@@H]1CC(F)(F)C[N+]1(C)C1(c2ccccc2OC)C(=O)N(S(=O)(=O)c2ccc(OC)cc2OC)c2ccc(Cl)cc21. The number of ether oxygens (including phenoxy) is 3. The largest absolute Gasteiger partial charge is 0.497 e. The van der Waals surface area contributed by atoms with Gasteiger partial charge in [0.25, 0.3) is 15.9 Å².